The second-order valence-corrected chi connectivity index (χ2v) is 5.64. The van der Waals surface area contributed by atoms with Crippen molar-refractivity contribution >= 4 is 18.3 Å². The molecule has 3 unspecified atom stereocenters. The Morgan fingerprint density at radius 2 is 1.90 bits per heavy atom. The Morgan fingerprint density at radius 3 is 2.50 bits per heavy atom. The van der Waals surface area contributed by atoms with Gasteiger partial charge in [-0.15, -0.1) is 12.4 Å². The molecule has 2 rings (SSSR count). The third kappa shape index (κ3) is 4.52. The number of amides is 1. The minimum atomic E-state index is -4.25. The minimum Gasteiger partial charge on any atom is -0.356 e. The van der Waals surface area contributed by atoms with Crippen molar-refractivity contribution in [3.05, 3.63) is 0 Å². The Hall–Kier alpha value is -0.490. The standard InChI is InChI=1S/C13H21F3N2O.ClH/c14-13(15,16)11-4-2-1-3-10(11)12(19)18-8-9-5-6-17-7-9;/h9-11,17H,1-8H2,(H,18,19);1H. The van der Waals surface area contributed by atoms with Crippen LogP contribution in [0.25, 0.3) is 0 Å². The van der Waals surface area contributed by atoms with Gasteiger partial charge in [-0.2, -0.15) is 13.2 Å². The second kappa shape index (κ2) is 7.50. The maximum absolute atomic E-state index is 12.9. The zero-order chi connectivity index (χ0) is 13.9. The first kappa shape index (κ1) is 17.6. The van der Waals surface area contributed by atoms with Crippen LogP contribution < -0.4 is 10.6 Å². The van der Waals surface area contributed by atoms with E-state index in [-0.39, 0.29) is 18.8 Å². The maximum atomic E-state index is 12.9. The fraction of sp³-hybridized carbons (Fsp3) is 0.923. The summed E-state index contributed by atoms with van der Waals surface area (Å²) in [6.07, 6.45) is -1.54. The largest absolute Gasteiger partial charge is 0.392 e. The molecule has 0 aromatic heterocycles. The molecule has 0 aromatic carbocycles. The molecule has 2 N–H and O–H groups in total. The first-order valence-corrected chi connectivity index (χ1v) is 7.03. The smallest absolute Gasteiger partial charge is 0.356 e. The summed E-state index contributed by atoms with van der Waals surface area (Å²) in [6.45, 7) is 2.26. The molecule has 0 radical (unpaired) electrons. The lowest BCUT2D eigenvalue weighted by Crippen LogP contribution is -2.43. The lowest BCUT2D eigenvalue weighted by atomic mass is 9.78. The van der Waals surface area contributed by atoms with E-state index in [1.165, 1.54) is 0 Å². The molecule has 1 saturated heterocycles. The van der Waals surface area contributed by atoms with Crippen molar-refractivity contribution in [3.8, 4) is 0 Å². The van der Waals surface area contributed by atoms with Crippen LogP contribution in [0.4, 0.5) is 13.2 Å². The quantitative estimate of drug-likeness (QED) is 0.840. The van der Waals surface area contributed by atoms with E-state index in [4.69, 9.17) is 0 Å². The van der Waals surface area contributed by atoms with Crippen molar-refractivity contribution in [1.29, 1.82) is 0 Å². The monoisotopic (exact) mass is 314 g/mol. The van der Waals surface area contributed by atoms with Gasteiger partial charge in [-0.3, -0.25) is 4.79 Å². The highest BCUT2D eigenvalue weighted by Gasteiger charge is 2.47. The molecule has 1 saturated carbocycles. The molecule has 7 heteroatoms. The Bertz CT molecular complexity index is 319. The molecule has 2 fully saturated rings. The minimum absolute atomic E-state index is 0. The van der Waals surface area contributed by atoms with Gasteiger partial charge in [0, 0.05) is 12.5 Å². The van der Waals surface area contributed by atoms with Gasteiger partial charge in [-0.05, 0) is 38.3 Å². The fourth-order valence-electron chi connectivity index (χ4n) is 3.10. The Morgan fingerprint density at radius 1 is 1.20 bits per heavy atom. The van der Waals surface area contributed by atoms with Gasteiger partial charge in [0.15, 0.2) is 0 Å². The molecule has 1 heterocycles. The van der Waals surface area contributed by atoms with E-state index < -0.39 is 23.9 Å². The molecule has 2 aliphatic rings. The highest BCUT2D eigenvalue weighted by Crippen LogP contribution is 2.41. The van der Waals surface area contributed by atoms with E-state index in [1.807, 2.05) is 0 Å². The molecule has 1 aliphatic heterocycles. The highest BCUT2D eigenvalue weighted by atomic mass is 35.5. The van der Waals surface area contributed by atoms with Crippen LogP contribution in [0.15, 0.2) is 0 Å². The lowest BCUT2D eigenvalue weighted by Gasteiger charge is -2.32. The van der Waals surface area contributed by atoms with E-state index >= 15 is 0 Å². The number of hydrogen-bond donors (Lipinski definition) is 2. The summed E-state index contributed by atoms with van der Waals surface area (Å²) in [7, 11) is 0. The van der Waals surface area contributed by atoms with Gasteiger partial charge >= 0.3 is 6.18 Å². The van der Waals surface area contributed by atoms with Gasteiger partial charge in [0.25, 0.3) is 0 Å². The number of rotatable bonds is 3. The van der Waals surface area contributed by atoms with E-state index in [9.17, 15) is 18.0 Å². The molecular formula is C13H22ClF3N2O. The Kier molecular flexibility index (Phi) is 6.58. The van der Waals surface area contributed by atoms with Crippen molar-refractivity contribution in [1.82, 2.24) is 10.6 Å². The molecular weight excluding hydrogens is 293 g/mol. The van der Waals surface area contributed by atoms with Crippen LogP contribution in [0.1, 0.15) is 32.1 Å². The summed E-state index contributed by atoms with van der Waals surface area (Å²) in [5, 5.41) is 5.89. The van der Waals surface area contributed by atoms with Crippen LogP contribution in [0, 0.1) is 17.8 Å². The predicted molar refractivity (Wildman–Crippen MR) is 72.7 cm³/mol. The van der Waals surface area contributed by atoms with Crippen molar-refractivity contribution in [2.24, 2.45) is 17.8 Å². The van der Waals surface area contributed by atoms with E-state index in [2.05, 4.69) is 10.6 Å². The molecule has 0 aromatic rings. The van der Waals surface area contributed by atoms with Crippen molar-refractivity contribution in [3.63, 3.8) is 0 Å². The first-order valence-electron chi connectivity index (χ1n) is 7.03. The van der Waals surface area contributed by atoms with Crippen LogP contribution in [0.5, 0.6) is 0 Å². The van der Waals surface area contributed by atoms with E-state index in [1.54, 1.807) is 0 Å². The molecule has 0 bridgehead atoms. The van der Waals surface area contributed by atoms with E-state index in [0.29, 0.717) is 25.3 Å². The molecule has 20 heavy (non-hydrogen) atoms. The average molecular weight is 315 g/mol. The SMILES string of the molecule is Cl.O=C(NCC1CCNC1)C1CCCCC1C(F)(F)F. The summed E-state index contributed by atoms with van der Waals surface area (Å²) in [5.74, 6) is -2.39. The zero-order valence-electron chi connectivity index (χ0n) is 11.3. The molecule has 0 spiro atoms. The third-order valence-electron chi connectivity index (χ3n) is 4.25. The summed E-state index contributed by atoms with van der Waals surface area (Å²) in [4.78, 5) is 12.0. The van der Waals surface area contributed by atoms with Crippen molar-refractivity contribution < 1.29 is 18.0 Å². The predicted octanol–water partition coefficient (Wildman–Crippen LogP) is 2.50. The van der Waals surface area contributed by atoms with Crippen molar-refractivity contribution in [2.45, 2.75) is 38.3 Å². The van der Waals surface area contributed by atoms with Gasteiger partial charge in [0.05, 0.1) is 5.92 Å². The second-order valence-electron chi connectivity index (χ2n) is 5.64. The maximum Gasteiger partial charge on any atom is 0.392 e. The summed E-state index contributed by atoms with van der Waals surface area (Å²) in [6, 6.07) is 0. The summed E-state index contributed by atoms with van der Waals surface area (Å²) >= 11 is 0. The van der Waals surface area contributed by atoms with Gasteiger partial charge in [-0.1, -0.05) is 12.8 Å². The van der Waals surface area contributed by atoms with Gasteiger partial charge in [0.1, 0.15) is 0 Å². The van der Waals surface area contributed by atoms with Gasteiger partial charge in [-0.25, -0.2) is 0 Å². The van der Waals surface area contributed by atoms with Crippen LogP contribution in [-0.2, 0) is 4.79 Å². The van der Waals surface area contributed by atoms with Crippen LogP contribution in [-0.4, -0.2) is 31.7 Å². The molecule has 1 amide bonds. The molecule has 3 atom stereocenters. The number of carbonyl (C=O) groups excluding carboxylic acids is 1. The Labute approximate surface area is 123 Å². The summed E-state index contributed by atoms with van der Waals surface area (Å²) < 4.78 is 38.7. The molecule has 118 valence electrons. The topological polar surface area (TPSA) is 41.1 Å². The molecule has 3 nitrogen and oxygen atoms in total. The number of carbonyl (C=O) groups is 1. The number of alkyl halides is 3. The Balaban J connectivity index is 0.00000200. The molecule has 1 aliphatic carbocycles. The van der Waals surface area contributed by atoms with Crippen LogP contribution >= 0.6 is 12.4 Å². The van der Waals surface area contributed by atoms with Crippen LogP contribution in [0.2, 0.25) is 0 Å². The zero-order valence-corrected chi connectivity index (χ0v) is 12.2. The average Bonchev–Trinajstić information content (AvgIpc) is 2.88. The number of halogens is 4. The van der Waals surface area contributed by atoms with Crippen molar-refractivity contribution in [2.75, 3.05) is 19.6 Å². The van der Waals surface area contributed by atoms with Gasteiger partial charge in [0.2, 0.25) is 5.91 Å². The normalized spacial score (nSPS) is 30.6. The summed E-state index contributed by atoms with van der Waals surface area (Å²) in [5.41, 5.74) is 0. The number of nitrogens with one attached hydrogen (secondary N) is 2. The van der Waals surface area contributed by atoms with Gasteiger partial charge < -0.3 is 10.6 Å². The van der Waals surface area contributed by atoms with E-state index in [0.717, 1.165) is 25.9 Å². The highest BCUT2D eigenvalue weighted by molar-refractivity contribution is 5.85. The fourth-order valence-corrected chi connectivity index (χ4v) is 3.10. The number of hydrogen-bond acceptors (Lipinski definition) is 2. The first-order chi connectivity index (χ1) is 8.98. The lowest BCUT2D eigenvalue weighted by molar-refractivity contribution is -0.198. The third-order valence-corrected chi connectivity index (χ3v) is 4.25. The van der Waals surface area contributed by atoms with Crippen LogP contribution in [0.3, 0.4) is 0 Å².